The molecule has 2 aromatic rings. The lowest BCUT2D eigenvalue weighted by atomic mass is 10.4. The summed E-state index contributed by atoms with van der Waals surface area (Å²) in [6.45, 7) is 0. The highest BCUT2D eigenvalue weighted by Crippen LogP contribution is 2.14. The first kappa shape index (κ1) is 9.97. The van der Waals surface area contributed by atoms with Crippen LogP contribution in [0.3, 0.4) is 0 Å². The van der Waals surface area contributed by atoms with Crippen molar-refractivity contribution >= 4 is 21.3 Å². The highest BCUT2D eigenvalue weighted by Gasteiger charge is 2.10. The summed E-state index contributed by atoms with van der Waals surface area (Å²) in [6, 6.07) is 5.27. The Morgan fingerprint density at radius 1 is 1.47 bits per heavy atom. The number of nitrogens with two attached hydrogens (primary N) is 1. The number of anilines is 1. The average Bonchev–Trinajstić information content (AvgIpc) is 2.47. The molecular weight excluding hydrogens is 214 g/mol. The molecule has 5 nitrogen and oxygen atoms in total. The standard InChI is InChI=1S/C9H11N3O2S/c1-15(13,14)6-7-5-11-9-4-2-3-8(10)12(7)9/h2-5H,6,10H2,1H3. The van der Waals surface area contributed by atoms with Gasteiger partial charge in [0.15, 0.2) is 9.84 Å². The van der Waals surface area contributed by atoms with Crippen molar-refractivity contribution in [2.75, 3.05) is 12.0 Å². The van der Waals surface area contributed by atoms with Crippen LogP contribution >= 0.6 is 0 Å². The summed E-state index contributed by atoms with van der Waals surface area (Å²) in [6.07, 6.45) is 2.72. The lowest BCUT2D eigenvalue weighted by Crippen LogP contribution is -2.06. The summed E-state index contributed by atoms with van der Waals surface area (Å²) in [5.41, 5.74) is 7.00. The fourth-order valence-electron chi connectivity index (χ4n) is 1.50. The molecule has 2 N–H and O–H groups in total. The van der Waals surface area contributed by atoms with E-state index >= 15 is 0 Å². The molecule has 0 saturated heterocycles. The van der Waals surface area contributed by atoms with Gasteiger partial charge < -0.3 is 5.73 Å². The van der Waals surface area contributed by atoms with Gasteiger partial charge in [-0.3, -0.25) is 4.40 Å². The summed E-state index contributed by atoms with van der Waals surface area (Å²) >= 11 is 0. The normalized spacial score (nSPS) is 12.1. The van der Waals surface area contributed by atoms with Gasteiger partial charge in [-0.05, 0) is 12.1 Å². The van der Waals surface area contributed by atoms with E-state index in [0.29, 0.717) is 17.2 Å². The van der Waals surface area contributed by atoms with Crippen LogP contribution in [0.1, 0.15) is 5.69 Å². The predicted octanol–water partition coefficient (Wildman–Crippen LogP) is 0.461. The third kappa shape index (κ3) is 1.94. The van der Waals surface area contributed by atoms with Crippen molar-refractivity contribution in [3.05, 3.63) is 30.1 Å². The Labute approximate surface area is 87.5 Å². The Balaban J connectivity index is 2.63. The van der Waals surface area contributed by atoms with E-state index in [2.05, 4.69) is 4.98 Å². The summed E-state index contributed by atoms with van der Waals surface area (Å²) < 4.78 is 24.0. The molecule has 0 unspecified atom stereocenters. The summed E-state index contributed by atoms with van der Waals surface area (Å²) in [4.78, 5) is 4.08. The highest BCUT2D eigenvalue weighted by atomic mass is 32.2. The van der Waals surface area contributed by atoms with E-state index in [1.54, 1.807) is 22.6 Å². The van der Waals surface area contributed by atoms with E-state index in [9.17, 15) is 8.42 Å². The van der Waals surface area contributed by atoms with Crippen LogP contribution in [-0.4, -0.2) is 24.1 Å². The number of pyridine rings is 1. The van der Waals surface area contributed by atoms with E-state index < -0.39 is 9.84 Å². The first-order chi connectivity index (χ1) is 6.97. The molecule has 0 saturated carbocycles. The average molecular weight is 225 g/mol. The molecule has 15 heavy (non-hydrogen) atoms. The second kappa shape index (κ2) is 3.23. The molecule has 0 aliphatic heterocycles. The van der Waals surface area contributed by atoms with Crippen molar-refractivity contribution in [1.82, 2.24) is 9.38 Å². The number of aromatic nitrogens is 2. The molecule has 2 aromatic heterocycles. The van der Waals surface area contributed by atoms with E-state index in [1.807, 2.05) is 0 Å². The van der Waals surface area contributed by atoms with Crippen LogP contribution in [0.4, 0.5) is 5.82 Å². The second-order valence-corrected chi connectivity index (χ2v) is 5.60. The summed E-state index contributed by atoms with van der Waals surface area (Å²) in [5.74, 6) is 0.436. The maximum absolute atomic E-state index is 11.2. The Bertz CT molecular complexity index is 601. The molecule has 0 bridgehead atoms. The van der Waals surface area contributed by atoms with Crippen LogP contribution in [-0.2, 0) is 15.6 Å². The monoisotopic (exact) mass is 225 g/mol. The molecule has 0 atom stereocenters. The number of sulfone groups is 1. The van der Waals surface area contributed by atoms with E-state index in [1.165, 1.54) is 12.5 Å². The largest absolute Gasteiger partial charge is 0.385 e. The Hall–Kier alpha value is -1.56. The van der Waals surface area contributed by atoms with Crippen LogP contribution in [0.5, 0.6) is 0 Å². The smallest absolute Gasteiger partial charge is 0.153 e. The minimum Gasteiger partial charge on any atom is -0.385 e. The zero-order valence-electron chi connectivity index (χ0n) is 8.21. The lowest BCUT2D eigenvalue weighted by Gasteiger charge is -2.03. The molecule has 2 rings (SSSR count). The number of hydrogen-bond acceptors (Lipinski definition) is 4. The SMILES string of the molecule is CS(=O)(=O)Cc1cnc2cccc(N)n12. The molecular formula is C9H11N3O2S. The van der Waals surface area contributed by atoms with Gasteiger partial charge in [0.1, 0.15) is 11.5 Å². The van der Waals surface area contributed by atoms with Gasteiger partial charge in [0.25, 0.3) is 0 Å². The quantitative estimate of drug-likeness (QED) is 0.805. The lowest BCUT2D eigenvalue weighted by molar-refractivity contribution is 0.600. The molecule has 0 radical (unpaired) electrons. The Morgan fingerprint density at radius 2 is 2.20 bits per heavy atom. The molecule has 0 spiro atoms. The van der Waals surface area contributed by atoms with Crippen LogP contribution in [0.2, 0.25) is 0 Å². The topological polar surface area (TPSA) is 77.5 Å². The number of hydrogen-bond donors (Lipinski definition) is 1. The number of nitrogen functional groups attached to an aromatic ring is 1. The number of imidazole rings is 1. The summed E-state index contributed by atoms with van der Waals surface area (Å²) in [7, 11) is -3.07. The first-order valence-electron chi connectivity index (χ1n) is 4.36. The van der Waals surface area contributed by atoms with Gasteiger partial charge in [0.05, 0.1) is 17.6 Å². The van der Waals surface area contributed by atoms with Crippen LogP contribution in [0.25, 0.3) is 5.65 Å². The maximum Gasteiger partial charge on any atom is 0.153 e. The van der Waals surface area contributed by atoms with Crippen LogP contribution < -0.4 is 5.73 Å². The van der Waals surface area contributed by atoms with Crippen molar-refractivity contribution in [3.8, 4) is 0 Å². The van der Waals surface area contributed by atoms with Crippen molar-refractivity contribution in [2.45, 2.75) is 5.75 Å². The van der Waals surface area contributed by atoms with Gasteiger partial charge in [-0.25, -0.2) is 13.4 Å². The fraction of sp³-hybridized carbons (Fsp3) is 0.222. The number of fused-ring (bicyclic) bond motifs is 1. The van der Waals surface area contributed by atoms with Crippen LogP contribution in [0.15, 0.2) is 24.4 Å². The third-order valence-corrected chi connectivity index (χ3v) is 2.86. The zero-order valence-corrected chi connectivity index (χ0v) is 9.03. The highest BCUT2D eigenvalue weighted by molar-refractivity contribution is 7.89. The molecule has 2 heterocycles. The van der Waals surface area contributed by atoms with Crippen molar-refractivity contribution < 1.29 is 8.42 Å². The van der Waals surface area contributed by atoms with Gasteiger partial charge in [-0.1, -0.05) is 6.07 Å². The molecule has 0 aromatic carbocycles. The summed E-state index contributed by atoms with van der Waals surface area (Å²) in [5, 5.41) is 0. The minimum atomic E-state index is -3.07. The first-order valence-corrected chi connectivity index (χ1v) is 6.42. The molecule has 6 heteroatoms. The number of nitrogens with zero attached hydrogens (tertiary/aromatic N) is 2. The van der Waals surface area contributed by atoms with Crippen molar-refractivity contribution in [1.29, 1.82) is 0 Å². The van der Waals surface area contributed by atoms with Gasteiger partial charge in [0.2, 0.25) is 0 Å². The number of rotatable bonds is 2. The molecule has 0 aliphatic carbocycles. The zero-order chi connectivity index (χ0) is 11.1. The Kier molecular flexibility index (Phi) is 2.15. The molecule has 0 aliphatic rings. The van der Waals surface area contributed by atoms with Crippen molar-refractivity contribution in [2.24, 2.45) is 0 Å². The van der Waals surface area contributed by atoms with Gasteiger partial charge in [-0.2, -0.15) is 0 Å². The maximum atomic E-state index is 11.2. The molecule has 0 fully saturated rings. The van der Waals surface area contributed by atoms with E-state index in [-0.39, 0.29) is 5.75 Å². The predicted molar refractivity (Wildman–Crippen MR) is 58.2 cm³/mol. The second-order valence-electron chi connectivity index (χ2n) is 3.46. The van der Waals surface area contributed by atoms with E-state index in [4.69, 9.17) is 5.73 Å². The van der Waals surface area contributed by atoms with Gasteiger partial charge >= 0.3 is 0 Å². The van der Waals surface area contributed by atoms with E-state index in [0.717, 1.165) is 0 Å². The third-order valence-electron chi connectivity index (χ3n) is 2.04. The Morgan fingerprint density at radius 3 is 2.87 bits per heavy atom. The molecule has 0 amide bonds. The van der Waals surface area contributed by atoms with Crippen molar-refractivity contribution in [3.63, 3.8) is 0 Å². The minimum absolute atomic E-state index is 0.0532. The van der Waals surface area contributed by atoms with Crippen LogP contribution in [0, 0.1) is 0 Å². The van der Waals surface area contributed by atoms with Gasteiger partial charge in [0, 0.05) is 6.26 Å². The molecule has 80 valence electrons. The van der Waals surface area contributed by atoms with Gasteiger partial charge in [-0.15, -0.1) is 0 Å². The fourth-order valence-corrected chi connectivity index (χ4v) is 2.24.